The Morgan fingerprint density at radius 2 is 1.61 bits per heavy atom. The molecule has 1 fully saturated rings. The molecule has 0 unspecified atom stereocenters. The van der Waals surface area contributed by atoms with Gasteiger partial charge in [-0.2, -0.15) is 8.61 Å². The quantitative estimate of drug-likeness (QED) is 0.609. The van der Waals surface area contributed by atoms with Crippen LogP contribution in [0.15, 0.2) is 58.3 Å². The number of sulfonamides is 2. The summed E-state index contributed by atoms with van der Waals surface area (Å²) in [4.78, 5) is 13.2. The van der Waals surface area contributed by atoms with Gasteiger partial charge in [-0.25, -0.2) is 16.8 Å². The van der Waals surface area contributed by atoms with Crippen LogP contribution >= 0.6 is 0 Å². The second kappa shape index (κ2) is 9.92. The molecule has 0 aromatic heterocycles. The fraction of sp³-hybridized carbons (Fsp3) is 0.435. The summed E-state index contributed by atoms with van der Waals surface area (Å²) in [6.07, 6.45) is 1.06. The van der Waals surface area contributed by atoms with Crippen molar-refractivity contribution in [2.75, 3.05) is 13.6 Å². The minimum atomic E-state index is -3.77. The van der Waals surface area contributed by atoms with E-state index in [0.717, 1.165) is 11.1 Å². The van der Waals surface area contributed by atoms with Crippen molar-refractivity contribution in [3.63, 3.8) is 0 Å². The minimum absolute atomic E-state index is 0.167. The average molecular weight is 494 g/mol. The van der Waals surface area contributed by atoms with Crippen LogP contribution in [0.2, 0.25) is 0 Å². The average Bonchev–Trinajstić information content (AvgIpc) is 3.28. The number of nitrogens with zero attached hydrogens (tertiary/aromatic N) is 2. The van der Waals surface area contributed by atoms with Crippen molar-refractivity contribution in [2.45, 2.75) is 62.0 Å². The number of hydrogen-bond acceptors (Lipinski definition) is 5. The highest BCUT2D eigenvalue weighted by Crippen LogP contribution is 2.26. The first-order valence-corrected chi connectivity index (χ1v) is 13.8. The van der Waals surface area contributed by atoms with Crippen molar-refractivity contribution in [2.24, 2.45) is 0 Å². The Kier molecular flexibility index (Phi) is 7.62. The lowest BCUT2D eigenvalue weighted by atomic mass is 10.2. The van der Waals surface area contributed by atoms with Gasteiger partial charge < -0.3 is 5.32 Å². The van der Waals surface area contributed by atoms with E-state index >= 15 is 0 Å². The van der Waals surface area contributed by atoms with Crippen molar-refractivity contribution in [1.82, 2.24) is 13.9 Å². The highest BCUT2D eigenvalue weighted by molar-refractivity contribution is 7.89. The van der Waals surface area contributed by atoms with E-state index in [1.165, 1.54) is 27.8 Å². The van der Waals surface area contributed by atoms with Crippen LogP contribution in [0.25, 0.3) is 0 Å². The highest BCUT2D eigenvalue weighted by atomic mass is 32.2. The molecule has 1 aliphatic rings. The summed E-state index contributed by atoms with van der Waals surface area (Å²) in [6.45, 7) is 5.95. The number of aryl methyl sites for hydroxylation is 1. The van der Waals surface area contributed by atoms with Gasteiger partial charge in [0.25, 0.3) is 0 Å². The third-order valence-electron chi connectivity index (χ3n) is 5.93. The Morgan fingerprint density at radius 3 is 2.18 bits per heavy atom. The van der Waals surface area contributed by atoms with Gasteiger partial charge in [0.15, 0.2) is 0 Å². The van der Waals surface area contributed by atoms with Crippen molar-refractivity contribution in [1.29, 1.82) is 0 Å². The van der Waals surface area contributed by atoms with Gasteiger partial charge in [-0.15, -0.1) is 0 Å². The Bertz CT molecular complexity index is 1190. The van der Waals surface area contributed by atoms with E-state index in [9.17, 15) is 21.6 Å². The molecule has 1 N–H and O–H groups in total. The van der Waals surface area contributed by atoms with Crippen LogP contribution in [-0.2, 0) is 31.4 Å². The van der Waals surface area contributed by atoms with Gasteiger partial charge in [0.05, 0.1) is 9.79 Å². The predicted octanol–water partition coefficient (Wildman–Crippen LogP) is 2.49. The molecule has 1 atom stereocenters. The van der Waals surface area contributed by atoms with Gasteiger partial charge >= 0.3 is 0 Å². The van der Waals surface area contributed by atoms with Gasteiger partial charge in [0.2, 0.25) is 26.0 Å². The number of amides is 1. The summed E-state index contributed by atoms with van der Waals surface area (Å²) in [5.41, 5.74) is 1.68. The van der Waals surface area contributed by atoms with E-state index in [-0.39, 0.29) is 28.3 Å². The molecule has 0 spiro atoms. The largest absolute Gasteiger partial charge is 0.351 e. The monoisotopic (exact) mass is 493 g/mol. The van der Waals surface area contributed by atoms with E-state index in [2.05, 4.69) is 5.32 Å². The highest BCUT2D eigenvalue weighted by Gasteiger charge is 2.39. The second-order valence-electron chi connectivity index (χ2n) is 8.56. The lowest BCUT2D eigenvalue weighted by Crippen LogP contribution is -2.45. The maximum atomic E-state index is 13.1. The van der Waals surface area contributed by atoms with Gasteiger partial charge in [0, 0.05) is 26.2 Å². The number of carbonyl (C=O) groups is 1. The fourth-order valence-corrected chi connectivity index (χ4v) is 6.69. The van der Waals surface area contributed by atoms with Crippen LogP contribution in [0.4, 0.5) is 0 Å². The number of carbonyl (C=O) groups excluding carboxylic acids is 1. The molecular formula is C23H31N3O5S2. The number of rotatable bonds is 8. The molecule has 180 valence electrons. The molecule has 2 aromatic rings. The summed E-state index contributed by atoms with van der Waals surface area (Å²) in [5.74, 6) is -0.362. The van der Waals surface area contributed by atoms with E-state index in [4.69, 9.17) is 0 Å². The molecule has 3 rings (SSSR count). The Hall–Kier alpha value is -2.27. The van der Waals surface area contributed by atoms with Gasteiger partial charge in [0.1, 0.15) is 6.04 Å². The molecule has 0 saturated carbocycles. The van der Waals surface area contributed by atoms with Crippen molar-refractivity contribution in [3.05, 3.63) is 59.7 Å². The first-order chi connectivity index (χ1) is 15.4. The second-order valence-corrected chi connectivity index (χ2v) is 12.5. The molecule has 0 bridgehead atoms. The number of nitrogens with one attached hydrogen (secondary N) is 1. The van der Waals surface area contributed by atoms with Gasteiger partial charge in [-0.1, -0.05) is 29.8 Å². The minimum Gasteiger partial charge on any atom is -0.351 e. The van der Waals surface area contributed by atoms with Gasteiger partial charge in [-0.3, -0.25) is 4.79 Å². The van der Waals surface area contributed by atoms with E-state index in [1.54, 1.807) is 50.2 Å². The van der Waals surface area contributed by atoms with E-state index < -0.39 is 26.1 Å². The first-order valence-electron chi connectivity index (χ1n) is 10.9. The van der Waals surface area contributed by atoms with E-state index in [1.807, 2.05) is 6.92 Å². The molecular weight excluding hydrogens is 462 g/mol. The number of hydrogen-bond donors (Lipinski definition) is 1. The molecule has 1 amide bonds. The SMILES string of the molecule is Cc1ccc(S(=O)(=O)N2CCC[C@H]2C(=O)NCc2ccc(S(=O)(=O)N(C)C(C)C)cc2)cc1. The first kappa shape index (κ1) is 25.4. The Morgan fingerprint density at radius 1 is 1.03 bits per heavy atom. The van der Waals surface area contributed by atoms with Crippen LogP contribution in [0.1, 0.15) is 37.8 Å². The molecule has 1 heterocycles. The zero-order valence-corrected chi connectivity index (χ0v) is 21.0. The third-order valence-corrected chi connectivity index (χ3v) is 9.90. The zero-order valence-electron chi connectivity index (χ0n) is 19.4. The summed E-state index contributed by atoms with van der Waals surface area (Å²) in [7, 11) is -5.81. The van der Waals surface area contributed by atoms with Crippen LogP contribution in [0.5, 0.6) is 0 Å². The number of benzene rings is 2. The third kappa shape index (κ3) is 5.46. The Balaban J connectivity index is 1.67. The lowest BCUT2D eigenvalue weighted by molar-refractivity contribution is -0.124. The summed E-state index contributed by atoms with van der Waals surface area (Å²) < 4.78 is 53.8. The van der Waals surface area contributed by atoms with Crippen molar-refractivity contribution in [3.8, 4) is 0 Å². The van der Waals surface area contributed by atoms with Crippen LogP contribution in [-0.4, -0.2) is 57.0 Å². The van der Waals surface area contributed by atoms with Crippen molar-refractivity contribution < 1.29 is 21.6 Å². The Labute approximate surface area is 196 Å². The van der Waals surface area contributed by atoms with Crippen LogP contribution in [0, 0.1) is 6.92 Å². The van der Waals surface area contributed by atoms with Gasteiger partial charge in [-0.05, 0) is 63.4 Å². The molecule has 1 saturated heterocycles. The zero-order chi connectivity index (χ0) is 24.4. The lowest BCUT2D eigenvalue weighted by Gasteiger charge is -2.23. The van der Waals surface area contributed by atoms with Crippen LogP contribution < -0.4 is 5.32 Å². The normalized spacial score (nSPS) is 17.6. The fourth-order valence-electron chi connectivity index (χ4n) is 3.67. The molecule has 1 aliphatic heterocycles. The summed E-state index contributed by atoms with van der Waals surface area (Å²) >= 11 is 0. The summed E-state index contributed by atoms with van der Waals surface area (Å²) in [6, 6.07) is 12.0. The van der Waals surface area contributed by atoms with E-state index in [0.29, 0.717) is 19.4 Å². The maximum absolute atomic E-state index is 13.1. The molecule has 2 aromatic carbocycles. The molecule has 8 nitrogen and oxygen atoms in total. The standard InChI is InChI=1S/C23H31N3O5S2/c1-17(2)25(4)32(28,29)20-13-9-19(10-14-20)16-24-23(27)22-6-5-15-26(22)33(30,31)21-11-7-18(3)8-12-21/h7-14,17,22H,5-6,15-16H2,1-4H3,(H,24,27)/t22-/m0/s1. The predicted molar refractivity (Wildman–Crippen MR) is 126 cm³/mol. The molecule has 0 aliphatic carbocycles. The maximum Gasteiger partial charge on any atom is 0.243 e. The molecule has 33 heavy (non-hydrogen) atoms. The van der Waals surface area contributed by atoms with Crippen molar-refractivity contribution >= 4 is 26.0 Å². The topological polar surface area (TPSA) is 104 Å². The molecule has 0 radical (unpaired) electrons. The summed E-state index contributed by atoms with van der Waals surface area (Å²) in [5, 5.41) is 2.80. The molecule has 10 heteroatoms. The smallest absolute Gasteiger partial charge is 0.243 e. The van der Waals surface area contributed by atoms with Crippen LogP contribution in [0.3, 0.4) is 0 Å².